The summed E-state index contributed by atoms with van der Waals surface area (Å²) in [4.78, 5) is 20.7. The predicted molar refractivity (Wildman–Crippen MR) is 42.7 cm³/mol. The molecule has 5 N–H and O–H groups in total. The molecule has 0 atom stereocenters. The minimum absolute atomic E-state index is 0.208. The molecule has 0 heterocycles. The van der Waals surface area contributed by atoms with Gasteiger partial charge in [-0.15, -0.1) is 0 Å². The van der Waals surface area contributed by atoms with Crippen molar-refractivity contribution in [2.75, 3.05) is 19.6 Å². The third-order valence-electron chi connectivity index (χ3n) is 1.10. The summed E-state index contributed by atoms with van der Waals surface area (Å²) in [6.07, 6.45) is -0.511. The zero-order valence-electron chi connectivity index (χ0n) is 6.67. The Morgan fingerprint density at radius 1 is 1.33 bits per heavy atom. The molecule has 6 heteroatoms. The Bertz CT molecular complexity index is 160. The van der Waals surface area contributed by atoms with Crippen molar-refractivity contribution < 1.29 is 14.7 Å². The number of amides is 2. The Morgan fingerprint density at radius 3 is 2.50 bits per heavy atom. The number of carboxylic acid groups (broad SMARTS) is 1. The van der Waals surface area contributed by atoms with E-state index in [9.17, 15) is 9.59 Å². The molecule has 0 aliphatic carbocycles. The average Bonchev–Trinajstić information content (AvgIpc) is 2.01. The van der Waals surface area contributed by atoms with E-state index >= 15 is 0 Å². The Kier molecular flexibility index (Phi) is 5.72. The largest absolute Gasteiger partial charge is 0.465 e. The quantitative estimate of drug-likeness (QED) is 0.390. The number of hydrogen-bond acceptors (Lipinski definition) is 3. The van der Waals surface area contributed by atoms with Crippen LogP contribution in [0, 0.1) is 0 Å². The minimum Gasteiger partial charge on any atom is -0.465 e. The van der Waals surface area contributed by atoms with Crippen LogP contribution in [-0.4, -0.2) is 36.7 Å². The van der Waals surface area contributed by atoms with Gasteiger partial charge in [-0.05, 0) is 13.0 Å². The number of hydrogen-bond donors (Lipinski definition) is 4. The number of carbonyl (C=O) groups is 2. The number of rotatable bonds is 5. The van der Waals surface area contributed by atoms with Gasteiger partial charge in [0.1, 0.15) is 0 Å². The second-order valence-corrected chi connectivity index (χ2v) is 2.15. The van der Waals surface area contributed by atoms with Crippen molar-refractivity contribution in [1.29, 1.82) is 0 Å². The first-order valence-electron chi connectivity index (χ1n) is 3.60. The Hall–Kier alpha value is -1.30. The SMILES string of the molecule is NCCCNC(=O)CNC(=O)O. The van der Waals surface area contributed by atoms with Gasteiger partial charge in [-0.25, -0.2) is 4.79 Å². The van der Waals surface area contributed by atoms with E-state index in [-0.39, 0.29) is 12.5 Å². The summed E-state index contributed by atoms with van der Waals surface area (Å²) < 4.78 is 0. The van der Waals surface area contributed by atoms with Gasteiger partial charge in [0.2, 0.25) is 5.91 Å². The van der Waals surface area contributed by atoms with E-state index in [1.807, 2.05) is 5.32 Å². The second-order valence-electron chi connectivity index (χ2n) is 2.15. The molecule has 70 valence electrons. The first kappa shape index (κ1) is 10.7. The molecule has 0 saturated heterocycles. The molecule has 0 rings (SSSR count). The summed E-state index contributed by atoms with van der Waals surface area (Å²) in [6.45, 7) is 0.781. The molecule has 0 aromatic heterocycles. The summed E-state index contributed by atoms with van der Waals surface area (Å²) in [6, 6.07) is 0. The highest BCUT2D eigenvalue weighted by atomic mass is 16.4. The predicted octanol–water partition coefficient (Wildman–Crippen LogP) is -1.28. The maximum absolute atomic E-state index is 10.7. The zero-order chi connectivity index (χ0) is 9.40. The molecule has 0 aliphatic rings. The van der Waals surface area contributed by atoms with E-state index in [2.05, 4.69) is 5.32 Å². The van der Waals surface area contributed by atoms with Crippen LogP contribution in [0.25, 0.3) is 0 Å². The minimum atomic E-state index is -1.20. The molecule has 0 fully saturated rings. The van der Waals surface area contributed by atoms with Gasteiger partial charge in [-0.3, -0.25) is 4.79 Å². The van der Waals surface area contributed by atoms with E-state index in [0.717, 1.165) is 0 Å². The van der Waals surface area contributed by atoms with Gasteiger partial charge in [0.05, 0.1) is 6.54 Å². The van der Waals surface area contributed by atoms with Gasteiger partial charge in [0, 0.05) is 6.54 Å². The third-order valence-corrected chi connectivity index (χ3v) is 1.10. The van der Waals surface area contributed by atoms with Crippen LogP contribution in [0.3, 0.4) is 0 Å². The highest BCUT2D eigenvalue weighted by Crippen LogP contribution is 1.70. The lowest BCUT2D eigenvalue weighted by atomic mass is 10.4. The van der Waals surface area contributed by atoms with Crippen molar-refractivity contribution in [3.05, 3.63) is 0 Å². The fourth-order valence-electron chi connectivity index (χ4n) is 0.548. The molecule has 0 spiro atoms. The van der Waals surface area contributed by atoms with Gasteiger partial charge < -0.3 is 21.5 Å². The molecule has 0 aliphatic heterocycles. The van der Waals surface area contributed by atoms with Crippen molar-refractivity contribution >= 4 is 12.0 Å². The third kappa shape index (κ3) is 6.81. The van der Waals surface area contributed by atoms with Crippen LogP contribution < -0.4 is 16.4 Å². The molecular weight excluding hydrogens is 162 g/mol. The Balaban J connectivity index is 3.28. The first-order chi connectivity index (χ1) is 5.66. The van der Waals surface area contributed by atoms with Crippen LogP contribution in [0.1, 0.15) is 6.42 Å². The molecule has 0 aromatic rings. The topological polar surface area (TPSA) is 104 Å². The summed E-state index contributed by atoms with van der Waals surface area (Å²) in [5.74, 6) is -0.342. The van der Waals surface area contributed by atoms with Crippen LogP contribution in [0.5, 0.6) is 0 Å². The van der Waals surface area contributed by atoms with Crippen molar-refractivity contribution in [3.8, 4) is 0 Å². The molecule has 0 saturated carbocycles. The molecule has 12 heavy (non-hydrogen) atoms. The zero-order valence-corrected chi connectivity index (χ0v) is 6.67. The lowest BCUT2D eigenvalue weighted by molar-refractivity contribution is -0.120. The van der Waals surface area contributed by atoms with Crippen LogP contribution in [0.2, 0.25) is 0 Å². The fraction of sp³-hybridized carbons (Fsp3) is 0.667. The first-order valence-corrected chi connectivity index (χ1v) is 3.60. The van der Waals surface area contributed by atoms with E-state index in [1.54, 1.807) is 0 Å². The summed E-state index contributed by atoms with van der Waals surface area (Å²) >= 11 is 0. The van der Waals surface area contributed by atoms with Gasteiger partial charge in [-0.1, -0.05) is 0 Å². The maximum atomic E-state index is 10.7. The second kappa shape index (κ2) is 6.41. The lowest BCUT2D eigenvalue weighted by Gasteiger charge is -2.02. The van der Waals surface area contributed by atoms with Gasteiger partial charge in [-0.2, -0.15) is 0 Å². The molecule has 0 bridgehead atoms. The van der Waals surface area contributed by atoms with Crippen LogP contribution in [0.15, 0.2) is 0 Å². The summed E-state index contributed by atoms with van der Waals surface area (Å²) in [5.41, 5.74) is 5.18. The Morgan fingerprint density at radius 2 is 2.00 bits per heavy atom. The van der Waals surface area contributed by atoms with Crippen molar-refractivity contribution in [2.24, 2.45) is 5.73 Å². The van der Waals surface area contributed by atoms with Crippen molar-refractivity contribution in [1.82, 2.24) is 10.6 Å². The van der Waals surface area contributed by atoms with E-state index in [0.29, 0.717) is 19.5 Å². The normalized spacial score (nSPS) is 9.08. The smallest absolute Gasteiger partial charge is 0.405 e. The van der Waals surface area contributed by atoms with E-state index in [4.69, 9.17) is 10.8 Å². The molecule has 0 unspecified atom stereocenters. The van der Waals surface area contributed by atoms with E-state index < -0.39 is 6.09 Å². The molecule has 0 aromatic carbocycles. The van der Waals surface area contributed by atoms with Crippen LogP contribution >= 0.6 is 0 Å². The summed E-state index contributed by atoms with van der Waals surface area (Å²) in [5, 5.41) is 12.6. The lowest BCUT2D eigenvalue weighted by Crippen LogP contribution is -2.36. The number of nitrogens with one attached hydrogen (secondary N) is 2. The van der Waals surface area contributed by atoms with Crippen molar-refractivity contribution in [3.63, 3.8) is 0 Å². The highest BCUT2D eigenvalue weighted by Gasteiger charge is 2.00. The average molecular weight is 175 g/mol. The summed E-state index contributed by atoms with van der Waals surface area (Å²) in [7, 11) is 0. The molecule has 6 nitrogen and oxygen atoms in total. The van der Waals surface area contributed by atoms with E-state index in [1.165, 1.54) is 0 Å². The van der Waals surface area contributed by atoms with Crippen molar-refractivity contribution in [2.45, 2.75) is 6.42 Å². The number of carbonyl (C=O) groups excluding carboxylic acids is 1. The molecule has 0 radical (unpaired) electrons. The van der Waals surface area contributed by atoms with Crippen LogP contribution in [-0.2, 0) is 4.79 Å². The molecule has 2 amide bonds. The molecular formula is C6H13N3O3. The maximum Gasteiger partial charge on any atom is 0.405 e. The number of nitrogens with two attached hydrogens (primary N) is 1. The standard InChI is InChI=1S/C6H13N3O3/c7-2-1-3-8-5(10)4-9-6(11)12/h9H,1-4,7H2,(H,8,10)(H,11,12). The van der Waals surface area contributed by atoms with Gasteiger partial charge in [0.25, 0.3) is 0 Å². The monoisotopic (exact) mass is 175 g/mol. The van der Waals surface area contributed by atoms with Gasteiger partial charge >= 0.3 is 6.09 Å². The van der Waals surface area contributed by atoms with Crippen LogP contribution in [0.4, 0.5) is 4.79 Å². The van der Waals surface area contributed by atoms with Gasteiger partial charge in [0.15, 0.2) is 0 Å². The highest BCUT2D eigenvalue weighted by molar-refractivity contribution is 5.81. The fourth-order valence-corrected chi connectivity index (χ4v) is 0.548. The Labute approximate surface area is 70.1 Å².